The molecule has 0 saturated carbocycles. The Labute approximate surface area is 144 Å². The number of nitrogens with zero attached hydrogens (tertiary/aromatic N) is 1. The maximum Gasteiger partial charge on any atom is 0.317 e. The second kappa shape index (κ2) is 7.53. The molecule has 24 heavy (non-hydrogen) atoms. The Morgan fingerprint density at radius 2 is 2.08 bits per heavy atom. The van der Waals surface area contributed by atoms with Gasteiger partial charge in [0.25, 0.3) is 0 Å². The van der Waals surface area contributed by atoms with Gasteiger partial charge in [0.2, 0.25) is 0 Å². The summed E-state index contributed by atoms with van der Waals surface area (Å²) in [6.45, 7) is 4.76. The molecule has 2 amide bonds. The number of fused-ring (bicyclic) bond motifs is 1. The fourth-order valence-corrected chi connectivity index (χ4v) is 3.94. The highest BCUT2D eigenvalue weighted by Gasteiger charge is 2.34. The van der Waals surface area contributed by atoms with Gasteiger partial charge in [0.1, 0.15) is 5.60 Å². The Hall–Kier alpha value is -1.59. The number of rotatable bonds is 4. The van der Waals surface area contributed by atoms with Crippen molar-refractivity contribution in [3.63, 3.8) is 0 Å². The Morgan fingerprint density at radius 3 is 2.83 bits per heavy atom. The highest BCUT2D eigenvalue weighted by atomic mass is 16.3. The molecule has 2 aliphatic rings. The van der Waals surface area contributed by atoms with Crippen LogP contribution in [0.5, 0.6) is 0 Å². The van der Waals surface area contributed by atoms with Gasteiger partial charge < -0.3 is 20.6 Å². The number of aliphatic hydroxyl groups is 1. The van der Waals surface area contributed by atoms with Crippen LogP contribution in [0.1, 0.15) is 43.7 Å². The van der Waals surface area contributed by atoms with Crippen LogP contribution >= 0.6 is 0 Å². The summed E-state index contributed by atoms with van der Waals surface area (Å²) in [5, 5.41) is 17.5. The van der Waals surface area contributed by atoms with Crippen LogP contribution in [0.25, 0.3) is 0 Å². The van der Waals surface area contributed by atoms with Crippen molar-refractivity contribution in [2.75, 3.05) is 26.2 Å². The minimum atomic E-state index is -0.758. The SMILES string of the molecule is CCNC(=O)N1CCC(NCC2(O)CCCc3ccccc32)CC1. The van der Waals surface area contributed by atoms with Gasteiger partial charge in [-0.15, -0.1) is 0 Å². The zero-order valence-corrected chi connectivity index (χ0v) is 14.6. The molecule has 0 bridgehead atoms. The molecule has 1 aromatic carbocycles. The molecular weight excluding hydrogens is 302 g/mol. The molecule has 5 heteroatoms. The molecule has 5 nitrogen and oxygen atoms in total. The molecule has 1 saturated heterocycles. The van der Waals surface area contributed by atoms with Gasteiger partial charge in [0, 0.05) is 32.2 Å². The van der Waals surface area contributed by atoms with Crippen LogP contribution in [-0.4, -0.2) is 48.3 Å². The Balaban J connectivity index is 1.53. The maximum atomic E-state index is 11.9. The van der Waals surface area contributed by atoms with Gasteiger partial charge in [-0.3, -0.25) is 0 Å². The largest absolute Gasteiger partial charge is 0.384 e. The number of amides is 2. The molecule has 1 atom stereocenters. The van der Waals surface area contributed by atoms with Gasteiger partial charge in [-0.05, 0) is 50.2 Å². The first-order valence-corrected chi connectivity index (χ1v) is 9.19. The Bertz CT molecular complexity index is 569. The number of benzene rings is 1. The molecule has 132 valence electrons. The number of aryl methyl sites for hydroxylation is 1. The standard InChI is InChI=1S/C19H29N3O2/c1-2-20-18(23)22-12-9-16(10-13-22)21-14-19(24)11-5-7-15-6-3-4-8-17(15)19/h3-4,6,8,16,21,24H,2,5,7,9-14H2,1H3,(H,20,23). The van der Waals surface area contributed by atoms with Gasteiger partial charge in [-0.25, -0.2) is 4.79 Å². The fraction of sp³-hybridized carbons (Fsp3) is 0.632. The number of carbonyl (C=O) groups is 1. The predicted octanol–water partition coefficient (Wildman–Crippen LogP) is 1.99. The van der Waals surface area contributed by atoms with Crippen LogP contribution in [0.3, 0.4) is 0 Å². The summed E-state index contributed by atoms with van der Waals surface area (Å²) in [5.41, 5.74) is 1.61. The van der Waals surface area contributed by atoms with Crippen molar-refractivity contribution in [1.29, 1.82) is 0 Å². The molecule has 1 heterocycles. The van der Waals surface area contributed by atoms with Crippen molar-refractivity contribution in [3.8, 4) is 0 Å². The molecule has 3 N–H and O–H groups in total. The molecule has 1 aliphatic heterocycles. The van der Waals surface area contributed by atoms with Crippen molar-refractivity contribution in [3.05, 3.63) is 35.4 Å². The van der Waals surface area contributed by atoms with Gasteiger partial charge in [-0.1, -0.05) is 24.3 Å². The third-order valence-electron chi connectivity index (χ3n) is 5.35. The summed E-state index contributed by atoms with van der Waals surface area (Å²) in [4.78, 5) is 13.7. The van der Waals surface area contributed by atoms with Gasteiger partial charge in [0.05, 0.1) is 0 Å². The monoisotopic (exact) mass is 331 g/mol. The fourth-order valence-electron chi connectivity index (χ4n) is 3.94. The molecule has 1 aromatic rings. The molecular formula is C19H29N3O2. The summed E-state index contributed by atoms with van der Waals surface area (Å²) in [6, 6.07) is 8.66. The van der Waals surface area contributed by atoms with Crippen LogP contribution in [0.4, 0.5) is 4.79 Å². The minimum Gasteiger partial charge on any atom is -0.384 e. The average molecular weight is 331 g/mol. The predicted molar refractivity (Wildman–Crippen MR) is 94.9 cm³/mol. The van der Waals surface area contributed by atoms with Crippen molar-refractivity contribution in [2.45, 2.75) is 50.7 Å². The van der Waals surface area contributed by atoms with E-state index >= 15 is 0 Å². The lowest BCUT2D eigenvalue weighted by Crippen LogP contribution is -2.51. The number of nitrogens with one attached hydrogen (secondary N) is 2. The first-order chi connectivity index (χ1) is 11.6. The normalized spacial score (nSPS) is 24.5. The molecule has 1 fully saturated rings. The molecule has 0 aromatic heterocycles. The topological polar surface area (TPSA) is 64.6 Å². The van der Waals surface area contributed by atoms with Crippen LogP contribution in [0, 0.1) is 0 Å². The summed E-state index contributed by atoms with van der Waals surface area (Å²) < 4.78 is 0. The average Bonchev–Trinajstić information content (AvgIpc) is 2.61. The maximum absolute atomic E-state index is 11.9. The first kappa shape index (κ1) is 17.2. The van der Waals surface area contributed by atoms with Crippen LogP contribution < -0.4 is 10.6 Å². The van der Waals surface area contributed by atoms with Crippen LogP contribution in [-0.2, 0) is 12.0 Å². The van der Waals surface area contributed by atoms with Crippen LogP contribution in [0.15, 0.2) is 24.3 Å². The summed E-state index contributed by atoms with van der Waals surface area (Å²) >= 11 is 0. The van der Waals surface area contributed by atoms with Crippen molar-refractivity contribution >= 4 is 6.03 Å². The third-order valence-corrected chi connectivity index (χ3v) is 5.35. The second-order valence-electron chi connectivity index (χ2n) is 7.02. The molecule has 0 radical (unpaired) electrons. The zero-order valence-electron chi connectivity index (χ0n) is 14.6. The smallest absolute Gasteiger partial charge is 0.317 e. The highest BCUT2D eigenvalue weighted by Crippen LogP contribution is 2.34. The van der Waals surface area contributed by atoms with Gasteiger partial charge in [-0.2, -0.15) is 0 Å². The third kappa shape index (κ3) is 3.73. The number of carbonyl (C=O) groups excluding carboxylic acids is 1. The minimum absolute atomic E-state index is 0.0378. The molecule has 0 spiro atoms. The lowest BCUT2D eigenvalue weighted by atomic mass is 9.79. The van der Waals surface area contributed by atoms with E-state index in [-0.39, 0.29) is 6.03 Å². The van der Waals surface area contributed by atoms with Crippen molar-refractivity contribution < 1.29 is 9.90 Å². The van der Waals surface area contributed by atoms with E-state index in [0.717, 1.165) is 50.8 Å². The zero-order chi connectivity index (χ0) is 17.0. The quantitative estimate of drug-likeness (QED) is 0.791. The lowest BCUT2D eigenvalue weighted by Gasteiger charge is -2.38. The Morgan fingerprint density at radius 1 is 1.33 bits per heavy atom. The molecule has 1 aliphatic carbocycles. The Kier molecular flexibility index (Phi) is 5.41. The summed E-state index contributed by atoms with van der Waals surface area (Å²) in [5.74, 6) is 0. The highest BCUT2D eigenvalue weighted by molar-refractivity contribution is 5.74. The van der Waals surface area contributed by atoms with E-state index in [9.17, 15) is 9.90 Å². The van der Waals surface area contributed by atoms with E-state index in [1.54, 1.807) is 0 Å². The van der Waals surface area contributed by atoms with E-state index in [1.807, 2.05) is 17.9 Å². The van der Waals surface area contributed by atoms with E-state index in [2.05, 4.69) is 28.8 Å². The number of hydrogen-bond donors (Lipinski definition) is 3. The van der Waals surface area contributed by atoms with E-state index in [4.69, 9.17) is 0 Å². The first-order valence-electron chi connectivity index (χ1n) is 9.19. The van der Waals surface area contributed by atoms with Crippen molar-refractivity contribution in [1.82, 2.24) is 15.5 Å². The second-order valence-corrected chi connectivity index (χ2v) is 7.02. The lowest BCUT2D eigenvalue weighted by molar-refractivity contribution is 0.0147. The van der Waals surface area contributed by atoms with E-state index < -0.39 is 5.60 Å². The molecule has 1 unspecified atom stereocenters. The number of hydrogen-bond acceptors (Lipinski definition) is 3. The van der Waals surface area contributed by atoms with Gasteiger partial charge in [0.15, 0.2) is 0 Å². The van der Waals surface area contributed by atoms with Crippen LogP contribution in [0.2, 0.25) is 0 Å². The molecule has 3 rings (SSSR count). The van der Waals surface area contributed by atoms with E-state index in [0.29, 0.717) is 19.1 Å². The van der Waals surface area contributed by atoms with E-state index in [1.165, 1.54) is 5.56 Å². The number of piperidine rings is 1. The number of urea groups is 1. The summed E-state index contributed by atoms with van der Waals surface area (Å²) in [6.07, 6.45) is 4.78. The summed E-state index contributed by atoms with van der Waals surface area (Å²) in [7, 11) is 0. The van der Waals surface area contributed by atoms with Crippen molar-refractivity contribution in [2.24, 2.45) is 0 Å². The van der Waals surface area contributed by atoms with Gasteiger partial charge >= 0.3 is 6.03 Å². The number of likely N-dealkylation sites (tertiary alicyclic amines) is 1.